The van der Waals surface area contributed by atoms with E-state index in [2.05, 4.69) is 13.8 Å². The molecule has 0 fully saturated rings. The van der Waals surface area contributed by atoms with Gasteiger partial charge in [-0.2, -0.15) is 0 Å². The summed E-state index contributed by atoms with van der Waals surface area (Å²) in [6, 6.07) is 0. The fourth-order valence-electron chi connectivity index (χ4n) is 2.72. The van der Waals surface area contributed by atoms with Crippen molar-refractivity contribution in [2.75, 3.05) is 6.61 Å². The summed E-state index contributed by atoms with van der Waals surface area (Å²) in [5.41, 5.74) is 0. The van der Waals surface area contributed by atoms with Crippen LogP contribution in [0, 0.1) is 5.92 Å². The van der Waals surface area contributed by atoms with Crippen molar-refractivity contribution in [2.45, 2.75) is 111 Å². The van der Waals surface area contributed by atoms with Crippen LogP contribution < -0.4 is 0 Å². The third-order valence-corrected chi connectivity index (χ3v) is 4.39. The highest BCUT2D eigenvalue weighted by atomic mass is 16.5. The highest BCUT2D eigenvalue weighted by molar-refractivity contribution is 5.71. The fourth-order valence-corrected chi connectivity index (χ4v) is 2.72. The lowest BCUT2D eigenvalue weighted by Gasteiger charge is -2.11. The van der Waals surface area contributed by atoms with Gasteiger partial charge in [-0.05, 0) is 12.8 Å². The molecule has 0 aliphatic rings. The van der Waals surface area contributed by atoms with Crippen molar-refractivity contribution in [1.29, 1.82) is 0 Å². The molecular weight excluding hydrogens is 272 g/mol. The standard InChI is InChI=1S/C20H40O2/c1-4-6-8-10-11-12-13-15-17-19(3)20(21)22-18-16-14-9-7-5-2/h19H,4-18H2,1-3H3. The van der Waals surface area contributed by atoms with Gasteiger partial charge in [0.25, 0.3) is 0 Å². The highest BCUT2D eigenvalue weighted by Crippen LogP contribution is 2.14. The summed E-state index contributed by atoms with van der Waals surface area (Å²) in [5, 5.41) is 0. The van der Waals surface area contributed by atoms with Crippen LogP contribution in [0.5, 0.6) is 0 Å². The summed E-state index contributed by atoms with van der Waals surface area (Å²) >= 11 is 0. The predicted octanol–water partition coefficient (Wildman–Crippen LogP) is 6.67. The van der Waals surface area contributed by atoms with E-state index in [1.807, 2.05) is 6.92 Å². The molecule has 0 aromatic rings. The minimum Gasteiger partial charge on any atom is -0.465 e. The van der Waals surface area contributed by atoms with E-state index in [4.69, 9.17) is 4.74 Å². The van der Waals surface area contributed by atoms with Gasteiger partial charge in [-0.3, -0.25) is 4.79 Å². The Morgan fingerprint density at radius 1 is 0.727 bits per heavy atom. The maximum Gasteiger partial charge on any atom is 0.308 e. The average Bonchev–Trinajstić information content (AvgIpc) is 2.52. The van der Waals surface area contributed by atoms with Crippen LogP contribution in [0.3, 0.4) is 0 Å². The predicted molar refractivity (Wildman–Crippen MR) is 96.1 cm³/mol. The first kappa shape index (κ1) is 21.5. The smallest absolute Gasteiger partial charge is 0.308 e. The summed E-state index contributed by atoms with van der Waals surface area (Å²) < 4.78 is 5.37. The molecule has 0 saturated heterocycles. The molecule has 0 rings (SSSR count). The number of ether oxygens (including phenoxy) is 1. The van der Waals surface area contributed by atoms with Gasteiger partial charge >= 0.3 is 5.97 Å². The molecule has 0 radical (unpaired) electrons. The SMILES string of the molecule is CCCCCCCCCCC(C)C(=O)OCCCCCCC. The second kappa shape index (κ2) is 16.8. The van der Waals surface area contributed by atoms with Gasteiger partial charge in [0, 0.05) is 0 Å². The van der Waals surface area contributed by atoms with Gasteiger partial charge in [-0.25, -0.2) is 0 Å². The second-order valence-electron chi connectivity index (χ2n) is 6.75. The van der Waals surface area contributed by atoms with Crippen LogP contribution >= 0.6 is 0 Å². The van der Waals surface area contributed by atoms with Crippen molar-refractivity contribution >= 4 is 5.97 Å². The minimum atomic E-state index is 0.0124. The maximum absolute atomic E-state index is 11.8. The van der Waals surface area contributed by atoms with Crippen LogP contribution in [0.25, 0.3) is 0 Å². The normalized spacial score (nSPS) is 12.3. The zero-order chi connectivity index (χ0) is 16.5. The summed E-state index contributed by atoms with van der Waals surface area (Å²) in [5.74, 6) is 0.0918. The molecule has 0 saturated carbocycles. The summed E-state index contributed by atoms with van der Waals surface area (Å²) in [4.78, 5) is 11.8. The molecule has 0 N–H and O–H groups in total. The minimum absolute atomic E-state index is 0.0124. The van der Waals surface area contributed by atoms with Gasteiger partial charge in [-0.1, -0.05) is 97.8 Å². The molecule has 1 atom stereocenters. The summed E-state index contributed by atoms with van der Waals surface area (Å²) in [6.45, 7) is 7.10. The van der Waals surface area contributed by atoms with E-state index < -0.39 is 0 Å². The molecule has 1 unspecified atom stereocenters. The molecule has 0 aliphatic heterocycles. The number of carbonyl (C=O) groups excluding carboxylic acids is 1. The van der Waals surface area contributed by atoms with Gasteiger partial charge in [0.2, 0.25) is 0 Å². The van der Waals surface area contributed by atoms with Crippen LogP contribution in [0.15, 0.2) is 0 Å². The second-order valence-corrected chi connectivity index (χ2v) is 6.75. The third kappa shape index (κ3) is 14.4. The molecule has 0 aliphatic carbocycles. The average molecular weight is 313 g/mol. The molecule has 132 valence electrons. The van der Waals surface area contributed by atoms with Crippen molar-refractivity contribution in [3.63, 3.8) is 0 Å². The summed E-state index contributed by atoms with van der Waals surface area (Å²) in [7, 11) is 0. The molecule has 0 heterocycles. The molecule has 0 spiro atoms. The van der Waals surface area contributed by atoms with Crippen LogP contribution in [0.2, 0.25) is 0 Å². The molecule has 0 aromatic carbocycles. The molecule has 0 bridgehead atoms. The Hall–Kier alpha value is -0.530. The molecule has 0 aromatic heterocycles. The van der Waals surface area contributed by atoms with Gasteiger partial charge in [0.1, 0.15) is 0 Å². The summed E-state index contributed by atoms with van der Waals surface area (Å²) in [6.07, 6.45) is 17.6. The Balaban J connectivity index is 3.35. The first-order chi connectivity index (χ1) is 10.7. The van der Waals surface area contributed by atoms with Gasteiger partial charge in [0.05, 0.1) is 12.5 Å². The van der Waals surface area contributed by atoms with E-state index in [-0.39, 0.29) is 11.9 Å². The molecule has 2 heteroatoms. The topological polar surface area (TPSA) is 26.3 Å². The van der Waals surface area contributed by atoms with E-state index >= 15 is 0 Å². The number of carbonyl (C=O) groups is 1. The Morgan fingerprint density at radius 2 is 1.18 bits per heavy atom. The number of hydrogen-bond donors (Lipinski definition) is 0. The number of unbranched alkanes of at least 4 members (excludes halogenated alkanes) is 11. The number of hydrogen-bond acceptors (Lipinski definition) is 2. The first-order valence-electron chi connectivity index (χ1n) is 9.89. The Bertz CT molecular complexity index is 238. The quantitative estimate of drug-likeness (QED) is 0.235. The highest BCUT2D eigenvalue weighted by Gasteiger charge is 2.13. The molecule has 2 nitrogen and oxygen atoms in total. The van der Waals surface area contributed by atoms with Crippen molar-refractivity contribution in [3.05, 3.63) is 0 Å². The van der Waals surface area contributed by atoms with Crippen molar-refractivity contribution in [2.24, 2.45) is 5.92 Å². The lowest BCUT2D eigenvalue weighted by Crippen LogP contribution is -2.15. The fraction of sp³-hybridized carbons (Fsp3) is 0.950. The first-order valence-corrected chi connectivity index (χ1v) is 9.89. The van der Waals surface area contributed by atoms with E-state index in [9.17, 15) is 4.79 Å². The van der Waals surface area contributed by atoms with E-state index in [0.717, 1.165) is 12.8 Å². The zero-order valence-electron chi connectivity index (χ0n) is 15.5. The Kier molecular flexibility index (Phi) is 16.4. The van der Waals surface area contributed by atoms with Crippen LogP contribution in [0.1, 0.15) is 111 Å². The van der Waals surface area contributed by atoms with Crippen LogP contribution in [-0.2, 0) is 9.53 Å². The third-order valence-electron chi connectivity index (χ3n) is 4.39. The van der Waals surface area contributed by atoms with Crippen LogP contribution in [-0.4, -0.2) is 12.6 Å². The molecule has 0 amide bonds. The van der Waals surface area contributed by atoms with Crippen molar-refractivity contribution < 1.29 is 9.53 Å². The largest absolute Gasteiger partial charge is 0.465 e. The molecular formula is C20H40O2. The van der Waals surface area contributed by atoms with E-state index in [1.165, 1.54) is 77.0 Å². The van der Waals surface area contributed by atoms with Gasteiger partial charge < -0.3 is 4.74 Å². The Labute approximate surface area is 139 Å². The lowest BCUT2D eigenvalue weighted by molar-refractivity contribution is -0.148. The van der Waals surface area contributed by atoms with E-state index in [1.54, 1.807) is 0 Å². The van der Waals surface area contributed by atoms with Gasteiger partial charge in [-0.15, -0.1) is 0 Å². The molecule has 22 heavy (non-hydrogen) atoms. The van der Waals surface area contributed by atoms with Crippen molar-refractivity contribution in [1.82, 2.24) is 0 Å². The monoisotopic (exact) mass is 312 g/mol. The van der Waals surface area contributed by atoms with E-state index in [0.29, 0.717) is 6.61 Å². The van der Waals surface area contributed by atoms with Crippen LogP contribution in [0.4, 0.5) is 0 Å². The lowest BCUT2D eigenvalue weighted by atomic mass is 10.0. The number of rotatable bonds is 16. The zero-order valence-corrected chi connectivity index (χ0v) is 15.5. The van der Waals surface area contributed by atoms with Crippen molar-refractivity contribution in [3.8, 4) is 0 Å². The Morgan fingerprint density at radius 3 is 1.73 bits per heavy atom. The number of esters is 1. The maximum atomic E-state index is 11.8. The van der Waals surface area contributed by atoms with Gasteiger partial charge in [0.15, 0.2) is 0 Å².